The molecule has 0 fully saturated rings. The predicted molar refractivity (Wildman–Crippen MR) is 94.3 cm³/mol. The third-order valence-corrected chi connectivity index (χ3v) is 3.52. The molecule has 3 rings (SSSR count). The Morgan fingerprint density at radius 2 is 1.75 bits per heavy atom. The Labute approximate surface area is 156 Å². The normalized spacial score (nSPS) is 11.2. The van der Waals surface area contributed by atoms with Crippen molar-refractivity contribution in [2.24, 2.45) is 0 Å². The van der Waals surface area contributed by atoms with Crippen LogP contribution in [0.1, 0.15) is 12.6 Å². The lowest BCUT2D eigenvalue weighted by molar-refractivity contribution is -0.141. The zero-order valence-corrected chi connectivity index (χ0v) is 14.4. The van der Waals surface area contributed by atoms with Crippen LogP contribution in [0, 0.1) is 5.95 Å². The van der Waals surface area contributed by atoms with Gasteiger partial charge in [-0.1, -0.05) is 0 Å². The SMILES string of the molecule is CC(=O)Nc1cc(Nc2nccc(C(F)(F)F)n2)cc(-c2ccc(F)nc2)c1. The van der Waals surface area contributed by atoms with E-state index in [1.807, 2.05) is 0 Å². The largest absolute Gasteiger partial charge is 0.433 e. The molecular formula is C18H13F4N5O. The number of hydrogen-bond donors (Lipinski definition) is 2. The number of amides is 1. The van der Waals surface area contributed by atoms with Gasteiger partial charge in [0.25, 0.3) is 0 Å². The van der Waals surface area contributed by atoms with Gasteiger partial charge >= 0.3 is 6.18 Å². The molecule has 6 nitrogen and oxygen atoms in total. The second kappa shape index (κ2) is 7.59. The van der Waals surface area contributed by atoms with Crippen LogP contribution in [0.2, 0.25) is 0 Å². The monoisotopic (exact) mass is 391 g/mol. The Balaban J connectivity index is 1.99. The molecule has 0 radical (unpaired) electrons. The lowest BCUT2D eigenvalue weighted by atomic mass is 10.1. The number of aromatic nitrogens is 3. The fourth-order valence-electron chi connectivity index (χ4n) is 2.39. The molecule has 0 spiro atoms. The first-order valence-electron chi connectivity index (χ1n) is 7.92. The van der Waals surface area contributed by atoms with Crippen LogP contribution in [0.4, 0.5) is 34.9 Å². The number of rotatable bonds is 4. The van der Waals surface area contributed by atoms with Crippen LogP contribution in [-0.2, 0) is 11.0 Å². The first-order valence-corrected chi connectivity index (χ1v) is 7.92. The number of nitrogens with zero attached hydrogens (tertiary/aromatic N) is 3. The van der Waals surface area contributed by atoms with E-state index in [1.54, 1.807) is 12.1 Å². The fraction of sp³-hybridized carbons (Fsp3) is 0.111. The number of anilines is 3. The average molecular weight is 391 g/mol. The van der Waals surface area contributed by atoms with E-state index in [2.05, 4.69) is 25.6 Å². The number of pyridine rings is 1. The van der Waals surface area contributed by atoms with Crippen molar-refractivity contribution < 1.29 is 22.4 Å². The van der Waals surface area contributed by atoms with Gasteiger partial charge in [0.1, 0.15) is 5.69 Å². The minimum Gasteiger partial charge on any atom is -0.326 e. The predicted octanol–water partition coefficient (Wildman–Crippen LogP) is 4.40. The molecule has 0 aliphatic carbocycles. The zero-order chi connectivity index (χ0) is 20.3. The highest BCUT2D eigenvalue weighted by Crippen LogP contribution is 2.30. The number of halogens is 4. The van der Waals surface area contributed by atoms with Crippen molar-refractivity contribution in [2.75, 3.05) is 10.6 Å². The standard InChI is InChI=1S/C18H13F4N5O/c1-10(28)25-13-6-12(11-2-3-16(19)24-9-11)7-14(8-13)26-17-23-5-4-15(27-17)18(20,21)22/h2-9H,1H3,(H,25,28)(H,23,26,27). The summed E-state index contributed by atoms with van der Waals surface area (Å²) in [5.41, 5.74) is 0.703. The van der Waals surface area contributed by atoms with Gasteiger partial charge in [-0.3, -0.25) is 4.79 Å². The quantitative estimate of drug-likeness (QED) is 0.509. The topological polar surface area (TPSA) is 79.8 Å². The van der Waals surface area contributed by atoms with Crippen LogP contribution >= 0.6 is 0 Å². The van der Waals surface area contributed by atoms with Gasteiger partial charge in [-0.2, -0.15) is 17.6 Å². The summed E-state index contributed by atoms with van der Waals surface area (Å²) in [6, 6.07) is 8.13. The summed E-state index contributed by atoms with van der Waals surface area (Å²) in [7, 11) is 0. The summed E-state index contributed by atoms with van der Waals surface area (Å²) in [5, 5.41) is 5.28. The lowest BCUT2D eigenvalue weighted by Gasteiger charge is -2.12. The summed E-state index contributed by atoms with van der Waals surface area (Å²) in [4.78, 5) is 22.2. The Morgan fingerprint density at radius 1 is 1.00 bits per heavy atom. The van der Waals surface area contributed by atoms with Crippen LogP contribution in [-0.4, -0.2) is 20.9 Å². The molecule has 144 valence electrons. The molecule has 0 saturated heterocycles. The maximum atomic E-state index is 13.1. The molecule has 0 aliphatic heterocycles. The van der Waals surface area contributed by atoms with E-state index in [-0.39, 0.29) is 11.9 Å². The number of benzene rings is 1. The number of carbonyl (C=O) groups excluding carboxylic acids is 1. The van der Waals surface area contributed by atoms with Crippen molar-refractivity contribution >= 4 is 23.2 Å². The summed E-state index contributed by atoms with van der Waals surface area (Å²) < 4.78 is 51.6. The van der Waals surface area contributed by atoms with Crippen molar-refractivity contribution in [3.63, 3.8) is 0 Å². The molecule has 2 heterocycles. The van der Waals surface area contributed by atoms with Gasteiger partial charge in [0.05, 0.1) is 0 Å². The number of alkyl halides is 3. The molecule has 0 aliphatic rings. The maximum absolute atomic E-state index is 13.1. The highest BCUT2D eigenvalue weighted by molar-refractivity contribution is 5.90. The van der Waals surface area contributed by atoms with E-state index < -0.39 is 17.8 Å². The molecule has 28 heavy (non-hydrogen) atoms. The molecule has 0 unspecified atom stereocenters. The van der Waals surface area contributed by atoms with Crippen LogP contribution in [0.15, 0.2) is 48.8 Å². The average Bonchev–Trinajstić information content (AvgIpc) is 2.61. The van der Waals surface area contributed by atoms with E-state index in [0.717, 1.165) is 12.3 Å². The van der Waals surface area contributed by atoms with Gasteiger partial charge in [-0.05, 0) is 42.0 Å². The Kier molecular flexibility index (Phi) is 5.21. The fourth-order valence-corrected chi connectivity index (χ4v) is 2.39. The van der Waals surface area contributed by atoms with E-state index in [1.165, 1.54) is 31.3 Å². The van der Waals surface area contributed by atoms with Gasteiger partial charge < -0.3 is 10.6 Å². The molecule has 2 aromatic heterocycles. The minimum absolute atomic E-state index is 0.266. The summed E-state index contributed by atoms with van der Waals surface area (Å²) in [6.07, 6.45) is -2.32. The highest BCUT2D eigenvalue weighted by atomic mass is 19.4. The molecule has 10 heteroatoms. The minimum atomic E-state index is -4.61. The van der Waals surface area contributed by atoms with Crippen molar-refractivity contribution in [2.45, 2.75) is 13.1 Å². The summed E-state index contributed by atoms with van der Waals surface area (Å²) in [6.45, 7) is 1.31. The molecule has 1 aromatic carbocycles. The van der Waals surface area contributed by atoms with Crippen molar-refractivity contribution in [1.29, 1.82) is 0 Å². The Bertz CT molecular complexity index is 1010. The van der Waals surface area contributed by atoms with Crippen molar-refractivity contribution in [3.05, 3.63) is 60.4 Å². The van der Waals surface area contributed by atoms with E-state index in [4.69, 9.17) is 0 Å². The third-order valence-electron chi connectivity index (χ3n) is 3.52. The number of hydrogen-bond acceptors (Lipinski definition) is 5. The second-order valence-corrected chi connectivity index (χ2v) is 5.74. The molecule has 0 bridgehead atoms. The smallest absolute Gasteiger partial charge is 0.326 e. The summed E-state index contributed by atoms with van der Waals surface area (Å²) in [5.74, 6) is -1.26. The van der Waals surface area contributed by atoms with Gasteiger partial charge in [-0.25, -0.2) is 15.0 Å². The Morgan fingerprint density at radius 3 is 2.39 bits per heavy atom. The third kappa shape index (κ3) is 4.78. The van der Waals surface area contributed by atoms with Gasteiger partial charge in [0.15, 0.2) is 0 Å². The van der Waals surface area contributed by atoms with Gasteiger partial charge in [-0.15, -0.1) is 0 Å². The van der Waals surface area contributed by atoms with Gasteiger partial charge in [0.2, 0.25) is 17.8 Å². The Hall–Kier alpha value is -3.56. The first kappa shape index (κ1) is 19.2. The maximum Gasteiger partial charge on any atom is 0.433 e. The number of carbonyl (C=O) groups is 1. The van der Waals surface area contributed by atoms with Crippen LogP contribution in [0.5, 0.6) is 0 Å². The molecule has 0 atom stereocenters. The zero-order valence-electron chi connectivity index (χ0n) is 14.4. The molecule has 1 amide bonds. The van der Waals surface area contributed by atoms with Crippen molar-refractivity contribution in [1.82, 2.24) is 15.0 Å². The second-order valence-electron chi connectivity index (χ2n) is 5.74. The van der Waals surface area contributed by atoms with E-state index >= 15 is 0 Å². The molecule has 2 N–H and O–H groups in total. The van der Waals surface area contributed by atoms with E-state index in [0.29, 0.717) is 22.5 Å². The van der Waals surface area contributed by atoms with E-state index in [9.17, 15) is 22.4 Å². The van der Waals surface area contributed by atoms with Gasteiger partial charge in [0, 0.05) is 36.3 Å². The van der Waals surface area contributed by atoms with Crippen LogP contribution in [0.25, 0.3) is 11.1 Å². The lowest BCUT2D eigenvalue weighted by Crippen LogP contribution is -2.10. The van der Waals surface area contributed by atoms with Crippen LogP contribution in [0.3, 0.4) is 0 Å². The first-order chi connectivity index (χ1) is 13.2. The number of nitrogens with one attached hydrogen (secondary N) is 2. The summed E-state index contributed by atoms with van der Waals surface area (Å²) >= 11 is 0. The molecular weight excluding hydrogens is 378 g/mol. The molecule has 3 aromatic rings. The van der Waals surface area contributed by atoms with Crippen LogP contribution < -0.4 is 10.6 Å². The van der Waals surface area contributed by atoms with Crippen molar-refractivity contribution in [3.8, 4) is 11.1 Å². The molecule has 0 saturated carbocycles. The highest BCUT2D eigenvalue weighted by Gasteiger charge is 2.32.